The fourth-order valence-electron chi connectivity index (χ4n) is 0.915. The van der Waals surface area contributed by atoms with Crippen LogP contribution in [-0.2, 0) is 0 Å². The third-order valence-electron chi connectivity index (χ3n) is 1.58. The van der Waals surface area contributed by atoms with Crippen LogP contribution in [0.15, 0.2) is 16.6 Å². The van der Waals surface area contributed by atoms with Gasteiger partial charge < -0.3 is 10.0 Å². The molecule has 0 aliphatic carbocycles. The topological polar surface area (TPSA) is 40.5 Å². The van der Waals surface area contributed by atoms with Crippen molar-refractivity contribution in [3.05, 3.63) is 27.2 Å². The van der Waals surface area contributed by atoms with Gasteiger partial charge in [-0.3, -0.25) is 0 Å². The van der Waals surface area contributed by atoms with Crippen LogP contribution >= 0.6 is 27.5 Å². The van der Waals surface area contributed by atoms with E-state index in [4.69, 9.17) is 21.6 Å². The van der Waals surface area contributed by atoms with Gasteiger partial charge in [-0.2, -0.15) is 0 Å². The Bertz CT molecular complexity index is 304. The quantitative estimate of drug-likeness (QED) is 0.731. The fourth-order valence-corrected chi connectivity index (χ4v) is 1.83. The average Bonchev–Trinajstić information content (AvgIpc) is 1.97. The van der Waals surface area contributed by atoms with Crippen LogP contribution in [0, 0.1) is 6.92 Å². The van der Waals surface area contributed by atoms with Crippen LogP contribution in [0.1, 0.15) is 5.56 Å². The minimum Gasteiger partial charge on any atom is -0.423 e. The molecule has 0 atom stereocenters. The van der Waals surface area contributed by atoms with Crippen molar-refractivity contribution in [2.24, 2.45) is 0 Å². The van der Waals surface area contributed by atoms with Crippen molar-refractivity contribution in [3.63, 3.8) is 0 Å². The summed E-state index contributed by atoms with van der Waals surface area (Å²) in [6.07, 6.45) is 0. The summed E-state index contributed by atoms with van der Waals surface area (Å²) >= 11 is 9.02. The van der Waals surface area contributed by atoms with Crippen molar-refractivity contribution >= 4 is 40.1 Å². The van der Waals surface area contributed by atoms with Gasteiger partial charge in [-0.05, 0) is 18.6 Å². The SMILES string of the molecule is Cc1ccc(Br)c(B(O)O)c1Cl. The van der Waals surface area contributed by atoms with Gasteiger partial charge in [-0.15, -0.1) is 0 Å². The lowest BCUT2D eigenvalue weighted by Gasteiger charge is -2.07. The maximum Gasteiger partial charge on any atom is 0.491 e. The van der Waals surface area contributed by atoms with Gasteiger partial charge >= 0.3 is 7.12 Å². The molecule has 2 nitrogen and oxygen atoms in total. The number of rotatable bonds is 1. The predicted octanol–water partition coefficient (Wildman–Crippen LogP) is 1.09. The zero-order valence-corrected chi connectivity index (χ0v) is 8.72. The van der Waals surface area contributed by atoms with E-state index >= 15 is 0 Å². The van der Waals surface area contributed by atoms with Crippen molar-refractivity contribution < 1.29 is 10.0 Å². The Morgan fingerprint density at radius 2 is 2.00 bits per heavy atom. The van der Waals surface area contributed by atoms with Crippen LogP contribution in [0.25, 0.3) is 0 Å². The van der Waals surface area contributed by atoms with Crippen LogP contribution in [0.5, 0.6) is 0 Å². The average molecular weight is 249 g/mol. The number of hydrogen-bond acceptors (Lipinski definition) is 2. The molecule has 1 rings (SSSR count). The first-order valence-electron chi connectivity index (χ1n) is 3.34. The van der Waals surface area contributed by atoms with Gasteiger partial charge in [-0.1, -0.05) is 33.6 Å². The Balaban J connectivity index is 3.33. The molecule has 12 heavy (non-hydrogen) atoms. The first-order chi connectivity index (χ1) is 5.54. The van der Waals surface area contributed by atoms with Crippen molar-refractivity contribution in [3.8, 4) is 0 Å². The van der Waals surface area contributed by atoms with E-state index < -0.39 is 7.12 Å². The number of aryl methyl sites for hydroxylation is 1. The second kappa shape index (κ2) is 3.79. The number of halogens is 2. The summed E-state index contributed by atoms with van der Waals surface area (Å²) < 4.78 is 0.605. The Morgan fingerprint density at radius 3 is 2.42 bits per heavy atom. The van der Waals surface area contributed by atoms with Gasteiger partial charge in [-0.25, -0.2) is 0 Å². The highest BCUT2D eigenvalue weighted by molar-refractivity contribution is 9.10. The van der Waals surface area contributed by atoms with E-state index in [0.29, 0.717) is 15.0 Å². The highest BCUT2D eigenvalue weighted by atomic mass is 79.9. The van der Waals surface area contributed by atoms with Crippen LogP contribution in [-0.4, -0.2) is 17.2 Å². The van der Waals surface area contributed by atoms with Gasteiger partial charge in [0.1, 0.15) is 0 Å². The third kappa shape index (κ3) is 1.83. The summed E-state index contributed by atoms with van der Waals surface area (Å²) in [6.45, 7) is 1.81. The maximum atomic E-state index is 8.95. The zero-order chi connectivity index (χ0) is 9.30. The second-order valence-electron chi connectivity index (χ2n) is 2.47. The third-order valence-corrected chi connectivity index (χ3v) is 2.77. The minimum atomic E-state index is -1.54. The molecule has 0 unspecified atom stereocenters. The molecular formula is C7H7BBrClO2. The molecule has 0 heterocycles. The molecule has 0 saturated heterocycles. The predicted molar refractivity (Wildman–Crippen MR) is 53.7 cm³/mol. The van der Waals surface area contributed by atoms with Gasteiger partial charge in [0.25, 0.3) is 0 Å². The molecule has 1 aromatic carbocycles. The number of benzene rings is 1. The summed E-state index contributed by atoms with van der Waals surface area (Å²) in [5, 5.41) is 18.3. The van der Waals surface area contributed by atoms with Crippen LogP contribution in [0.2, 0.25) is 5.02 Å². The smallest absolute Gasteiger partial charge is 0.423 e. The first-order valence-corrected chi connectivity index (χ1v) is 4.51. The molecule has 0 bridgehead atoms. The van der Waals surface area contributed by atoms with E-state index in [1.807, 2.05) is 0 Å². The van der Waals surface area contributed by atoms with Crippen LogP contribution in [0.3, 0.4) is 0 Å². The van der Waals surface area contributed by atoms with Crippen LogP contribution < -0.4 is 5.46 Å². The van der Waals surface area contributed by atoms with E-state index in [2.05, 4.69) is 15.9 Å². The maximum absolute atomic E-state index is 8.95. The molecule has 0 aliphatic heterocycles. The largest absolute Gasteiger partial charge is 0.491 e. The van der Waals surface area contributed by atoms with E-state index in [9.17, 15) is 0 Å². The lowest BCUT2D eigenvalue weighted by molar-refractivity contribution is 0.425. The molecule has 0 aliphatic rings. The molecule has 0 radical (unpaired) electrons. The van der Waals surface area contributed by atoms with E-state index in [-0.39, 0.29) is 0 Å². The molecule has 0 amide bonds. The van der Waals surface area contributed by atoms with E-state index in [1.165, 1.54) is 0 Å². The normalized spacial score (nSPS) is 10.1. The van der Waals surface area contributed by atoms with Gasteiger partial charge in [0.05, 0.1) is 0 Å². The summed E-state index contributed by atoms with van der Waals surface area (Å²) in [5.74, 6) is 0. The Kier molecular flexibility index (Phi) is 3.18. The van der Waals surface area contributed by atoms with Crippen molar-refractivity contribution in [1.82, 2.24) is 0 Å². The van der Waals surface area contributed by atoms with Crippen molar-refractivity contribution in [1.29, 1.82) is 0 Å². The Labute approximate surface area is 84.4 Å². The molecule has 0 spiro atoms. The Morgan fingerprint density at radius 1 is 1.42 bits per heavy atom. The molecule has 0 fully saturated rings. The molecule has 64 valence electrons. The molecule has 5 heteroatoms. The fraction of sp³-hybridized carbons (Fsp3) is 0.143. The molecular weight excluding hydrogens is 242 g/mol. The van der Waals surface area contributed by atoms with E-state index in [1.54, 1.807) is 19.1 Å². The standard InChI is InChI=1S/C7H7BBrClO2/c1-4-2-3-5(9)6(7(4)10)8(11)12/h2-3,11-12H,1H3. The zero-order valence-electron chi connectivity index (χ0n) is 6.38. The highest BCUT2D eigenvalue weighted by Gasteiger charge is 2.19. The molecule has 2 N–H and O–H groups in total. The van der Waals surface area contributed by atoms with Crippen molar-refractivity contribution in [2.75, 3.05) is 0 Å². The summed E-state index contributed by atoms with van der Waals surface area (Å²) in [7, 11) is -1.54. The van der Waals surface area contributed by atoms with Gasteiger partial charge in [0, 0.05) is 15.0 Å². The van der Waals surface area contributed by atoms with Gasteiger partial charge in [0.15, 0.2) is 0 Å². The monoisotopic (exact) mass is 248 g/mol. The van der Waals surface area contributed by atoms with Gasteiger partial charge in [0.2, 0.25) is 0 Å². The first kappa shape index (κ1) is 10.1. The molecule has 0 aromatic heterocycles. The number of hydrogen-bond donors (Lipinski definition) is 2. The van der Waals surface area contributed by atoms with Crippen LogP contribution in [0.4, 0.5) is 0 Å². The summed E-state index contributed by atoms with van der Waals surface area (Å²) in [5.41, 5.74) is 1.14. The second-order valence-corrected chi connectivity index (χ2v) is 3.70. The molecule has 0 saturated carbocycles. The van der Waals surface area contributed by atoms with E-state index in [0.717, 1.165) is 5.56 Å². The Hall–Kier alpha value is -0.0251. The lowest BCUT2D eigenvalue weighted by atomic mass is 9.79. The highest BCUT2D eigenvalue weighted by Crippen LogP contribution is 2.18. The summed E-state index contributed by atoms with van der Waals surface area (Å²) in [6, 6.07) is 3.54. The summed E-state index contributed by atoms with van der Waals surface area (Å²) in [4.78, 5) is 0. The van der Waals surface area contributed by atoms with Crippen molar-refractivity contribution in [2.45, 2.75) is 6.92 Å². The minimum absolute atomic E-state index is 0.316. The lowest BCUT2D eigenvalue weighted by Crippen LogP contribution is -2.32. The molecule has 1 aromatic rings.